The molecule has 3 aliphatic rings. The van der Waals surface area contributed by atoms with E-state index in [-0.39, 0.29) is 6.61 Å². The molecule has 7 N–H and O–H groups in total. The first-order chi connectivity index (χ1) is 26.3. The van der Waals surface area contributed by atoms with E-state index in [1.807, 2.05) is 0 Å². The molecule has 1 saturated carbocycles. The van der Waals surface area contributed by atoms with Gasteiger partial charge in [-0.15, -0.1) is 0 Å². The van der Waals surface area contributed by atoms with Gasteiger partial charge >= 0.3 is 0 Å². The third-order valence-electron chi connectivity index (χ3n) is 12.6. The van der Waals surface area contributed by atoms with Crippen molar-refractivity contribution in [3.8, 4) is 0 Å². The Balaban J connectivity index is 1.16. The summed E-state index contributed by atoms with van der Waals surface area (Å²) < 4.78 is 11.4. The first kappa shape index (κ1) is 45.3. The zero-order chi connectivity index (χ0) is 38.5. The summed E-state index contributed by atoms with van der Waals surface area (Å²) in [5.41, 5.74) is 0.959. The van der Waals surface area contributed by atoms with E-state index in [1.165, 1.54) is 116 Å². The predicted octanol–water partition coefficient (Wildman–Crippen LogP) is 7.39. The largest absolute Gasteiger partial charge is 0.394 e. The maximum absolute atomic E-state index is 11.4. The number of unbranched alkanes of at least 4 members (excludes halogenated alkanes) is 18. The molecule has 0 spiro atoms. The van der Waals surface area contributed by atoms with E-state index in [1.54, 1.807) is 6.20 Å². The van der Waals surface area contributed by atoms with Crippen molar-refractivity contribution >= 4 is 0 Å². The number of H-pyrrole nitrogens is 1. The summed E-state index contributed by atoms with van der Waals surface area (Å²) in [5, 5.41) is 63.1. The van der Waals surface area contributed by atoms with Crippen LogP contribution in [0.3, 0.4) is 0 Å². The summed E-state index contributed by atoms with van der Waals surface area (Å²) in [6, 6.07) is 0. The molecule has 1 aromatic heterocycles. The van der Waals surface area contributed by atoms with Crippen LogP contribution in [0.4, 0.5) is 0 Å². The molecule has 0 radical (unpaired) electrons. The third kappa shape index (κ3) is 15.2. The second kappa shape index (κ2) is 25.8. The maximum atomic E-state index is 11.4. The van der Waals surface area contributed by atoms with Gasteiger partial charge in [-0.05, 0) is 56.3 Å². The minimum atomic E-state index is -1.56. The Bertz CT molecular complexity index is 1130. The minimum absolute atomic E-state index is 0.162. The molecule has 0 amide bonds. The van der Waals surface area contributed by atoms with Gasteiger partial charge in [0, 0.05) is 11.9 Å². The molecule has 5 unspecified atom stereocenters. The summed E-state index contributed by atoms with van der Waals surface area (Å²) >= 11 is 0. The lowest BCUT2D eigenvalue weighted by Gasteiger charge is -2.40. The summed E-state index contributed by atoms with van der Waals surface area (Å²) in [6.45, 7) is 1.53. The Labute approximate surface area is 326 Å². The highest BCUT2D eigenvalue weighted by molar-refractivity contribution is 5.10. The molecule has 10 nitrogen and oxygen atoms in total. The van der Waals surface area contributed by atoms with E-state index in [4.69, 9.17) is 9.47 Å². The third-order valence-corrected chi connectivity index (χ3v) is 12.6. The lowest BCUT2D eigenvalue weighted by atomic mass is 9.88. The molecule has 54 heavy (non-hydrogen) atoms. The summed E-state index contributed by atoms with van der Waals surface area (Å²) in [7, 11) is 0. The molecule has 2 fully saturated rings. The van der Waals surface area contributed by atoms with Gasteiger partial charge in [0.25, 0.3) is 0 Å². The van der Waals surface area contributed by atoms with Gasteiger partial charge < -0.3 is 45.1 Å². The highest BCUT2D eigenvalue weighted by Crippen LogP contribution is 2.45. The molecule has 2 aliphatic carbocycles. The molecule has 2 bridgehead atoms. The van der Waals surface area contributed by atoms with Crippen molar-refractivity contribution in [3.05, 3.63) is 29.9 Å². The first-order valence-electron chi connectivity index (χ1n) is 22.3. The molecule has 4 rings (SSSR count). The molecule has 1 saturated heterocycles. The second-order valence-corrected chi connectivity index (χ2v) is 17.1. The molecule has 0 aromatic carbocycles. The average Bonchev–Trinajstić information content (AvgIpc) is 3.94. The molecule has 1 aliphatic heterocycles. The van der Waals surface area contributed by atoms with Gasteiger partial charge in [-0.2, -0.15) is 0 Å². The number of rotatable bonds is 31. The Hall–Kier alpha value is -1.37. The number of aryl methyl sites for hydroxylation is 1. The fourth-order valence-electron chi connectivity index (χ4n) is 9.08. The quantitative estimate of drug-likeness (QED) is 0.0301. The lowest BCUT2D eigenvalue weighted by Crippen LogP contribution is -2.59. The summed E-state index contributed by atoms with van der Waals surface area (Å²) in [6.07, 6.45) is 27.7. The zero-order valence-electron chi connectivity index (χ0n) is 33.6. The number of aliphatic hydroxyl groups excluding tert-OH is 6. The number of imidazole rings is 1. The summed E-state index contributed by atoms with van der Waals surface area (Å²) in [4.78, 5) is 7.94. The fourth-order valence-corrected chi connectivity index (χ4v) is 9.08. The SMILES string of the molecule is CCCCCCCCCCCCCC[C@@H](O)[C@@H](O)[C@H](COC1OC(CO)C(O)C(O)C1O)c1ncc(CCCCCCCCCC[C@H]2C[C@H]3C=C[C@@H]2C3)[nH]1. The van der Waals surface area contributed by atoms with Crippen LogP contribution in [-0.2, 0) is 15.9 Å². The van der Waals surface area contributed by atoms with Gasteiger partial charge in [0.1, 0.15) is 30.2 Å². The van der Waals surface area contributed by atoms with Crippen molar-refractivity contribution in [2.75, 3.05) is 13.2 Å². The van der Waals surface area contributed by atoms with E-state index in [9.17, 15) is 30.6 Å². The van der Waals surface area contributed by atoms with Crippen LogP contribution in [-0.4, -0.2) is 96.7 Å². The number of nitrogens with zero attached hydrogens (tertiary/aromatic N) is 1. The lowest BCUT2D eigenvalue weighted by molar-refractivity contribution is -0.303. The van der Waals surface area contributed by atoms with Gasteiger partial charge in [-0.3, -0.25) is 0 Å². The van der Waals surface area contributed by atoms with Crippen molar-refractivity contribution in [2.45, 2.75) is 216 Å². The zero-order valence-corrected chi connectivity index (χ0v) is 33.6. The van der Waals surface area contributed by atoms with Crippen LogP contribution in [0.2, 0.25) is 0 Å². The molecule has 10 heteroatoms. The van der Waals surface area contributed by atoms with Crippen LogP contribution < -0.4 is 0 Å². The van der Waals surface area contributed by atoms with E-state index in [2.05, 4.69) is 29.0 Å². The average molecular weight is 763 g/mol. The molecular weight excluding hydrogens is 684 g/mol. The molecule has 2 heterocycles. The van der Waals surface area contributed by atoms with E-state index in [0.29, 0.717) is 12.2 Å². The van der Waals surface area contributed by atoms with Crippen LogP contribution in [0.1, 0.15) is 178 Å². The number of nitrogens with one attached hydrogen (secondary N) is 1. The highest BCUT2D eigenvalue weighted by Gasteiger charge is 2.45. The number of aromatic amines is 1. The van der Waals surface area contributed by atoms with E-state index in [0.717, 1.165) is 62.0 Å². The van der Waals surface area contributed by atoms with Crippen molar-refractivity contribution in [1.29, 1.82) is 0 Å². The van der Waals surface area contributed by atoms with Crippen molar-refractivity contribution < 1.29 is 40.1 Å². The normalized spacial score (nSPS) is 28.2. The van der Waals surface area contributed by atoms with Crippen molar-refractivity contribution in [3.63, 3.8) is 0 Å². The van der Waals surface area contributed by atoms with Gasteiger partial charge in [-0.1, -0.05) is 141 Å². The topological polar surface area (TPSA) is 169 Å². The van der Waals surface area contributed by atoms with Crippen LogP contribution in [0.5, 0.6) is 0 Å². The van der Waals surface area contributed by atoms with E-state index >= 15 is 0 Å². The Morgan fingerprint density at radius 1 is 0.759 bits per heavy atom. The number of ether oxygens (including phenoxy) is 2. The smallest absolute Gasteiger partial charge is 0.186 e. The first-order valence-corrected chi connectivity index (χ1v) is 22.3. The number of hydrogen-bond acceptors (Lipinski definition) is 9. The van der Waals surface area contributed by atoms with Crippen LogP contribution >= 0.6 is 0 Å². The summed E-state index contributed by atoms with van der Waals surface area (Å²) in [5.74, 6) is 2.44. The minimum Gasteiger partial charge on any atom is -0.394 e. The van der Waals surface area contributed by atoms with Crippen LogP contribution in [0.15, 0.2) is 18.3 Å². The van der Waals surface area contributed by atoms with Crippen molar-refractivity contribution in [2.24, 2.45) is 17.8 Å². The van der Waals surface area contributed by atoms with Gasteiger partial charge in [0.15, 0.2) is 6.29 Å². The molecule has 1 aromatic rings. The monoisotopic (exact) mass is 763 g/mol. The Morgan fingerprint density at radius 3 is 1.96 bits per heavy atom. The fraction of sp³-hybridized carbons (Fsp3) is 0.886. The van der Waals surface area contributed by atoms with Crippen LogP contribution in [0.25, 0.3) is 0 Å². The number of allylic oxidation sites excluding steroid dienone is 2. The molecular formula is C44H78N2O8. The highest BCUT2D eigenvalue weighted by atomic mass is 16.7. The predicted molar refractivity (Wildman–Crippen MR) is 213 cm³/mol. The van der Waals surface area contributed by atoms with Crippen molar-refractivity contribution in [1.82, 2.24) is 9.97 Å². The van der Waals surface area contributed by atoms with Gasteiger partial charge in [-0.25, -0.2) is 4.98 Å². The maximum Gasteiger partial charge on any atom is 0.186 e. The Kier molecular flexibility index (Phi) is 21.7. The second-order valence-electron chi connectivity index (χ2n) is 17.1. The van der Waals surface area contributed by atoms with Crippen LogP contribution in [0, 0.1) is 17.8 Å². The Morgan fingerprint density at radius 2 is 1.37 bits per heavy atom. The number of fused-ring (bicyclic) bond motifs is 2. The van der Waals surface area contributed by atoms with Gasteiger partial charge in [0.2, 0.25) is 0 Å². The number of aliphatic hydroxyl groups is 6. The number of aromatic nitrogens is 2. The standard InChI is InChI=1S/C44H78N2O8/c1-2-3-4-5-6-7-8-9-10-15-18-21-24-37(48)39(49)36(31-53-44-42(52)41(51)40(50)38(30-47)54-44)43-45-29-35(46-43)23-20-17-14-12-11-13-16-19-22-33-27-32-25-26-34(33)28-32/h25-26,29,32-34,36-42,44,47-52H,2-24,27-28,30-31H2,1H3,(H,45,46)/t32-,33+,34-,36+,37-,38?,39+,40?,41?,42?,44?/m1/s1. The molecule has 312 valence electrons. The van der Waals surface area contributed by atoms with E-state index < -0.39 is 55.4 Å². The van der Waals surface area contributed by atoms with Gasteiger partial charge in [0.05, 0.1) is 31.3 Å². The number of hydrogen-bond donors (Lipinski definition) is 7. The molecule has 11 atom stereocenters.